The van der Waals surface area contributed by atoms with Crippen LogP contribution >= 0.6 is 0 Å². The molecule has 396 valence electrons. The van der Waals surface area contributed by atoms with Crippen molar-refractivity contribution in [2.24, 2.45) is 0 Å². The fourth-order valence-electron chi connectivity index (χ4n) is 7.99. The summed E-state index contributed by atoms with van der Waals surface area (Å²) < 4.78 is 16.8. The van der Waals surface area contributed by atoms with Gasteiger partial charge in [0.25, 0.3) is 0 Å². The fourth-order valence-corrected chi connectivity index (χ4v) is 7.99. The molecule has 0 N–H and O–H groups in total. The minimum absolute atomic E-state index is 0.0924. The first-order chi connectivity index (χ1) is 34.0. The molecule has 0 aliphatic carbocycles. The maximum atomic E-state index is 12.9. The Labute approximate surface area is 426 Å². The summed E-state index contributed by atoms with van der Waals surface area (Å²) in [4.78, 5) is 38.2. The standard InChI is InChI=1S/C63H108O6/c1-4-7-10-13-16-19-22-25-28-30-31-33-36-38-41-44-47-50-53-56-62(65)68-59-60(69-63(66)57-54-51-48-45-42-39-34-27-24-21-18-15-12-9-6-3)58-67-61(64)55-52-49-46-43-40-37-35-32-29-26-23-20-17-14-11-8-5-2/h7,10,16,19,25-29,31,33-34,38,41,60H,4-6,8-9,11-15,17-18,20-24,30,32,35-37,39-40,42-59H2,1-3H3/b10-7-,19-16-,28-25-,29-26-,33-31-,34-27-,41-38-/t60-/m0/s1. The molecule has 6 heteroatoms. The summed E-state index contributed by atoms with van der Waals surface area (Å²) in [5, 5.41) is 0. The molecule has 0 aliphatic rings. The predicted molar refractivity (Wildman–Crippen MR) is 297 cm³/mol. The van der Waals surface area contributed by atoms with E-state index < -0.39 is 6.10 Å². The summed E-state index contributed by atoms with van der Waals surface area (Å²) >= 11 is 0. The van der Waals surface area contributed by atoms with Crippen LogP contribution in [0.4, 0.5) is 0 Å². The van der Waals surface area contributed by atoms with Gasteiger partial charge in [0.15, 0.2) is 6.10 Å². The second kappa shape index (κ2) is 57.2. The molecular formula is C63H108O6. The SMILES string of the molecule is CC/C=C\C/C=C\C/C=C\C/C=C\C/C=C\CCCCCC(=O)OC[C@H](COC(=O)CCCCCCCCC/C=C\CCCCCCCC)OC(=O)CCCCCCC/C=C\CCCCCCCC. The van der Waals surface area contributed by atoms with E-state index in [4.69, 9.17) is 14.2 Å². The van der Waals surface area contributed by atoms with Gasteiger partial charge in [-0.25, -0.2) is 0 Å². The van der Waals surface area contributed by atoms with Gasteiger partial charge in [-0.3, -0.25) is 14.4 Å². The normalized spacial score (nSPS) is 12.7. The molecule has 0 aromatic heterocycles. The first-order valence-electron chi connectivity index (χ1n) is 29.1. The van der Waals surface area contributed by atoms with Gasteiger partial charge >= 0.3 is 17.9 Å². The second-order valence-corrected chi connectivity index (χ2v) is 19.2. The molecule has 1 atom stereocenters. The number of hydrogen-bond donors (Lipinski definition) is 0. The van der Waals surface area contributed by atoms with Gasteiger partial charge in [0, 0.05) is 19.3 Å². The third kappa shape index (κ3) is 55.4. The fraction of sp³-hybridized carbons (Fsp3) is 0.730. The topological polar surface area (TPSA) is 78.9 Å². The quantitative estimate of drug-likeness (QED) is 0.0262. The largest absolute Gasteiger partial charge is 0.462 e. The lowest BCUT2D eigenvalue weighted by Crippen LogP contribution is -2.30. The molecule has 0 amide bonds. The zero-order valence-corrected chi connectivity index (χ0v) is 45.3. The number of allylic oxidation sites excluding steroid dienone is 14. The number of hydrogen-bond acceptors (Lipinski definition) is 6. The molecular weight excluding hydrogens is 853 g/mol. The van der Waals surface area contributed by atoms with E-state index in [0.29, 0.717) is 19.3 Å². The van der Waals surface area contributed by atoms with Crippen LogP contribution in [0.5, 0.6) is 0 Å². The molecule has 0 fully saturated rings. The van der Waals surface area contributed by atoms with Crippen LogP contribution in [0.3, 0.4) is 0 Å². The molecule has 69 heavy (non-hydrogen) atoms. The molecule has 0 bridgehead atoms. The third-order valence-corrected chi connectivity index (χ3v) is 12.4. The van der Waals surface area contributed by atoms with E-state index in [1.54, 1.807) is 0 Å². The van der Waals surface area contributed by atoms with E-state index >= 15 is 0 Å². The van der Waals surface area contributed by atoms with E-state index in [1.165, 1.54) is 128 Å². The molecule has 0 rings (SSSR count). The lowest BCUT2D eigenvalue weighted by atomic mass is 10.1. The maximum Gasteiger partial charge on any atom is 0.306 e. The van der Waals surface area contributed by atoms with Gasteiger partial charge in [0.2, 0.25) is 0 Å². The predicted octanol–water partition coefficient (Wildman–Crippen LogP) is 19.5. The van der Waals surface area contributed by atoms with Crippen LogP contribution in [0.2, 0.25) is 0 Å². The summed E-state index contributed by atoms with van der Waals surface area (Å²) in [6.07, 6.45) is 74.3. The van der Waals surface area contributed by atoms with E-state index in [9.17, 15) is 14.4 Å². The minimum atomic E-state index is -0.797. The minimum Gasteiger partial charge on any atom is -0.462 e. The number of carbonyl (C=O) groups is 3. The third-order valence-electron chi connectivity index (χ3n) is 12.4. The van der Waals surface area contributed by atoms with Gasteiger partial charge in [0.1, 0.15) is 13.2 Å². The maximum absolute atomic E-state index is 12.9. The monoisotopic (exact) mass is 961 g/mol. The average Bonchev–Trinajstić information content (AvgIpc) is 3.35. The molecule has 6 nitrogen and oxygen atoms in total. The Hall–Kier alpha value is -3.41. The number of rotatable bonds is 52. The van der Waals surface area contributed by atoms with Gasteiger partial charge in [-0.2, -0.15) is 0 Å². The average molecular weight is 962 g/mol. The number of esters is 3. The Morgan fingerprint density at radius 1 is 0.304 bits per heavy atom. The highest BCUT2D eigenvalue weighted by atomic mass is 16.6. The van der Waals surface area contributed by atoms with Crippen LogP contribution < -0.4 is 0 Å². The highest BCUT2D eigenvalue weighted by Crippen LogP contribution is 2.14. The van der Waals surface area contributed by atoms with E-state index in [2.05, 4.69) is 106 Å². The van der Waals surface area contributed by atoms with Crippen LogP contribution in [-0.2, 0) is 28.6 Å². The Morgan fingerprint density at radius 3 is 0.913 bits per heavy atom. The van der Waals surface area contributed by atoms with Gasteiger partial charge in [0.05, 0.1) is 0 Å². The van der Waals surface area contributed by atoms with Crippen molar-refractivity contribution in [1.82, 2.24) is 0 Å². The Bertz CT molecular complexity index is 1330. The highest BCUT2D eigenvalue weighted by molar-refractivity contribution is 5.71. The van der Waals surface area contributed by atoms with E-state index in [1.807, 2.05) is 0 Å². The number of unbranched alkanes of at least 4 members (excludes halogenated alkanes) is 27. The summed E-state index contributed by atoms with van der Waals surface area (Å²) in [5.74, 6) is -0.932. The summed E-state index contributed by atoms with van der Waals surface area (Å²) in [6.45, 7) is 6.49. The van der Waals surface area contributed by atoms with Crippen LogP contribution in [0.25, 0.3) is 0 Å². The van der Waals surface area contributed by atoms with Gasteiger partial charge < -0.3 is 14.2 Å². The lowest BCUT2D eigenvalue weighted by Gasteiger charge is -2.18. The van der Waals surface area contributed by atoms with Crippen LogP contribution in [0.1, 0.15) is 278 Å². The highest BCUT2D eigenvalue weighted by Gasteiger charge is 2.19. The van der Waals surface area contributed by atoms with E-state index in [0.717, 1.165) is 109 Å². The zero-order valence-electron chi connectivity index (χ0n) is 45.3. The number of carbonyl (C=O) groups excluding carboxylic acids is 3. The van der Waals surface area contributed by atoms with E-state index in [-0.39, 0.29) is 31.1 Å². The zero-order chi connectivity index (χ0) is 50.0. The van der Waals surface area contributed by atoms with Crippen molar-refractivity contribution in [2.45, 2.75) is 284 Å². The number of ether oxygens (including phenoxy) is 3. The van der Waals surface area contributed by atoms with Crippen LogP contribution in [-0.4, -0.2) is 37.2 Å². The molecule has 0 saturated heterocycles. The summed E-state index contributed by atoms with van der Waals surface area (Å²) in [6, 6.07) is 0. The molecule has 0 spiro atoms. The van der Waals surface area contributed by atoms with Crippen molar-refractivity contribution in [1.29, 1.82) is 0 Å². The second-order valence-electron chi connectivity index (χ2n) is 19.2. The Balaban J connectivity index is 4.45. The van der Waals surface area contributed by atoms with Crippen molar-refractivity contribution in [3.63, 3.8) is 0 Å². The van der Waals surface area contributed by atoms with Crippen molar-refractivity contribution in [3.8, 4) is 0 Å². The van der Waals surface area contributed by atoms with Gasteiger partial charge in [-0.05, 0) is 116 Å². The lowest BCUT2D eigenvalue weighted by molar-refractivity contribution is -0.167. The Kier molecular flexibility index (Phi) is 54.3. The Morgan fingerprint density at radius 2 is 0.565 bits per heavy atom. The van der Waals surface area contributed by atoms with Crippen molar-refractivity contribution >= 4 is 17.9 Å². The van der Waals surface area contributed by atoms with Crippen molar-refractivity contribution < 1.29 is 28.6 Å². The smallest absolute Gasteiger partial charge is 0.306 e. The summed E-state index contributed by atoms with van der Waals surface area (Å²) in [5.41, 5.74) is 0. The van der Waals surface area contributed by atoms with Gasteiger partial charge in [-0.1, -0.05) is 228 Å². The molecule has 0 radical (unpaired) electrons. The molecule has 0 unspecified atom stereocenters. The van der Waals surface area contributed by atoms with Crippen molar-refractivity contribution in [2.75, 3.05) is 13.2 Å². The molecule has 0 aliphatic heterocycles. The summed E-state index contributed by atoms with van der Waals surface area (Å²) in [7, 11) is 0. The molecule has 0 aromatic carbocycles. The molecule has 0 aromatic rings. The first-order valence-corrected chi connectivity index (χ1v) is 29.1. The van der Waals surface area contributed by atoms with Gasteiger partial charge in [-0.15, -0.1) is 0 Å². The molecule has 0 saturated carbocycles. The van der Waals surface area contributed by atoms with Crippen LogP contribution in [0, 0.1) is 0 Å². The van der Waals surface area contributed by atoms with Crippen LogP contribution in [0.15, 0.2) is 85.1 Å². The first kappa shape index (κ1) is 65.6. The van der Waals surface area contributed by atoms with Crippen molar-refractivity contribution in [3.05, 3.63) is 85.1 Å². The molecule has 0 heterocycles.